The lowest BCUT2D eigenvalue weighted by molar-refractivity contribution is -0.255. The maximum Gasteiger partial charge on any atom is 0.410 e. The number of unbranched alkanes of at least 4 members (excludes halogenated alkanes) is 2. The molecule has 1 fully saturated rings. The molecule has 0 radical (unpaired) electrons. The molecule has 0 bridgehead atoms. The monoisotopic (exact) mass is 852 g/mol. The summed E-state index contributed by atoms with van der Waals surface area (Å²) in [7, 11) is 1.52. The third kappa shape index (κ3) is 10.5. The standard InChI is InChI=1S/C50H64N2O10/c1-7-24-52(48(56)58-33-34-16-10-9-11-17-34)45-31-42(51-62-49(3,4)5)40-29-35(18-12-14-25-53)39(19-13-15-26-54)46-41-30-38(60-37-20-22-43(57-6)36(28-37)32-55)21-23-44(41)61-50(45,47(40)46)59-27-8-2/h8-11,16-17,20-23,28-30,32,35,39,45-47,53-54H,2,7,12-15,18-19,24-27,31,33H2,1,3-6H3. The minimum Gasteiger partial charge on any atom is -0.496 e. The van der Waals surface area contributed by atoms with Crippen LogP contribution in [0.1, 0.15) is 106 Å². The summed E-state index contributed by atoms with van der Waals surface area (Å²) in [6.07, 6.45) is 9.66. The molecule has 1 heterocycles. The molecule has 3 aliphatic rings. The van der Waals surface area contributed by atoms with Crippen LogP contribution >= 0.6 is 0 Å². The first-order valence-corrected chi connectivity index (χ1v) is 22.1. The van der Waals surface area contributed by atoms with Gasteiger partial charge < -0.3 is 38.7 Å². The second kappa shape index (κ2) is 21.3. The smallest absolute Gasteiger partial charge is 0.410 e. The van der Waals surface area contributed by atoms with Crippen LogP contribution in [-0.4, -0.2) is 84.1 Å². The normalized spacial score (nSPS) is 23.2. The highest BCUT2D eigenvalue weighted by Gasteiger charge is 2.65. The van der Waals surface area contributed by atoms with Gasteiger partial charge in [-0.15, -0.1) is 6.58 Å². The summed E-state index contributed by atoms with van der Waals surface area (Å²) in [4.78, 5) is 34.5. The molecule has 2 aliphatic carbocycles. The van der Waals surface area contributed by atoms with Gasteiger partial charge in [0.2, 0.25) is 5.79 Å². The number of hydrogen-bond acceptors (Lipinski definition) is 11. The maximum absolute atomic E-state index is 14.6. The molecule has 12 nitrogen and oxygen atoms in total. The first kappa shape index (κ1) is 46.3. The molecule has 3 aromatic carbocycles. The molecule has 62 heavy (non-hydrogen) atoms. The number of ether oxygens (including phenoxy) is 5. The van der Waals surface area contributed by atoms with E-state index in [2.05, 4.69) is 12.7 Å². The molecular weight excluding hydrogens is 789 g/mol. The molecule has 6 atom stereocenters. The highest BCUT2D eigenvalue weighted by atomic mass is 16.7. The van der Waals surface area contributed by atoms with Crippen molar-refractivity contribution >= 4 is 18.1 Å². The Hall–Kier alpha value is -5.17. The first-order valence-electron chi connectivity index (χ1n) is 22.1. The Bertz CT molecular complexity index is 2040. The highest BCUT2D eigenvalue weighted by Crippen LogP contribution is 2.62. The number of aldehydes is 1. The molecular formula is C50H64N2O10. The fourth-order valence-corrected chi connectivity index (χ4v) is 9.33. The number of hydrogen-bond donors (Lipinski definition) is 2. The summed E-state index contributed by atoms with van der Waals surface area (Å²) in [5, 5.41) is 24.8. The molecule has 334 valence electrons. The first-order chi connectivity index (χ1) is 30.0. The summed E-state index contributed by atoms with van der Waals surface area (Å²) in [6, 6.07) is 19.7. The van der Waals surface area contributed by atoms with Crippen molar-refractivity contribution in [1.29, 1.82) is 0 Å². The molecule has 2 N–H and O–H groups in total. The highest BCUT2D eigenvalue weighted by molar-refractivity contribution is 6.03. The molecule has 1 saturated carbocycles. The summed E-state index contributed by atoms with van der Waals surface area (Å²) >= 11 is 0. The summed E-state index contributed by atoms with van der Waals surface area (Å²) in [5.74, 6) is -0.0429. The Labute approximate surface area is 366 Å². The average Bonchev–Trinajstić information content (AvgIpc) is 3.27. The van der Waals surface area contributed by atoms with Crippen LogP contribution < -0.4 is 14.2 Å². The number of carbonyl (C=O) groups is 2. The maximum atomic E-state index is 14.6. The van der Waals surface area contributed by atoms with Crippen molar-refractivity contribution in [3.05, 3.63) is 108 Å². The SMILES string of the molecule is C=CCOC12Oc3ccc(Oc4ccc(OC)c(C=O)c4)cc3C3C(CCCCO)C(CCCCO)C=C(C(=NOC(C)(C)C)CC1N(CCC)C(=O)OCc1ccccc1)C32. The van der Waals surface area contributed by atoms with Gasteiger partial charge in [0.05, 0.1) is 30.9 Å². The molecule has 1 aliphatic heterocycles. The zero-order valence-electron chi connectivity index (χ0n) is 36.9. The Kier molecular flexibility index (Phi) is 15.9. The fourth-order valence-electron chi connectivity index (χ4n) is 9.33. The van der Waals surface area contributed by atoms with Gasteiger partial charge in [-0.25, -0.2) is 4.79 Å². The largest absolute Gasteiger partial charge is 0.496 e. The second-order valence-electron chi connectivity index (χ2n) is 17.3. The van der Waals surface area contributed by atoms with Gasteiger partial charge in [-0.05, 0) is 112 Å². The third-order valence-corrected chi connectivity index (χ3v) is 11.9. The minimum atomic E-state index is -1.43. The average molecular weight is 853 g/mol. The van der Waals surface area contributed by atoms with E-state index in [-0.39, 0.29) is 50.6 Å². The van der Waals surface area contributed by atoms with Crippen LogP contribution in [-0.2, 0) is 20.9 Å². The van der Waals surface area contributed by atoms with Crippen LogP contribution in [0.3, 0.4) is 0 Å². The Morgan fingerprint density at radius 2 is 1.73 bits per heavy atom. The molecule has 0 spiro atoms. The molecule has 0 aromatic heterocycles. The Balaban J connectivity index is 1.57. The Morgan fingerprint density at radius 1 is 1.00 bits per heavy atom. The summed E-state index contributed by atoms with van der Waals surface area (Å²) < 4.78 is 32.3. The van der Waals surface area contributed by atoms with Gasteiger partial charge in [0, 0.05) is 37.7 Å². The van der Waals surface area contributed by atoms with E-state index in [9.17, 15) is 19.8 Å². The van der Waals surface area contributed by atoms with Gasteiger partial charge in [0.25, 0.3) is 0 Å². The van der Waals surface area contributed by atoms with Gasteiger partial charge >= 0.3 is 6.09 Å². The number of oxime groups is 1. The van der Waals surface area contributed by atoms with E-state index in [1.165, 1.54) is 7.11 Å². The molecule has 0 saturated heterocycles. The molecule has 6 rings (SSSR count). The molecule has 3 aromatic rings. The van der Waals surface area contributed by atoms with Crippen molar-refractivity contribution in [3.63, 3.8) is 0 Å². The number of fused-ring (bicyclic) bond motifs is 2. The number of benzene rings is 3. The van der Waals surface area contributed by atoms with Gasteiger partial charge in [-0.3, -0.25) is 9.69 Å². The van der Waals surface area contributed by atoms with Crippen LogP contribution in [0.25, 0.3) is 0 Å². The van der Waals surface area contributed by atoms with E-state index >= 15 is 0 Å². The van der Waals surface area contributed by atoms with Crippen LogP contribution in [0.15, 0.2) is 96.2 Å². The predicted octanol–water partition coefficient (Wildman–Crippen LogP) is 9.78. The molecule has 12 heteroatoms. The van der Waals surface area contributed by atoms with Crippen molar-refractivity contribution in [3.8, 4) is 23.0 Å². The number of carbonyl (C=O) groups excluding carboxylic acids is 2. The lowest BCUT2D eigenvalue weighted by Gasteiger charge is -2.60. The van der Waals surface area contributed by atoms with Crippen LogP contribution in [0.4, 0.5) is 4.79 Å². The number of nitrogens with zero attached hydrogens (tertiary/aromatic N) is 2. The predicted molar refractivity (Wildman–Crippen MR) is 238 cm³/mol. The second-order valence-corrected chi connectivity index (χ2v) is 17.3. The van der Waals surface area contributed by atoms with Crippen LogP contribution in [0, 0.1) is 17.8 Å². The lowest BCUT2D eigenvalue weighted by atomic mass is 9.55. The van der Waals surface area contributed by atoms with E-state index in [1.54, 1.807) is 29.2 Å². The lowest BCUT2D eigenvalue weighted by Crippen LogP contribution is -2.70. The van der Waals surface area contributed by atoms with E-state index in [4.69, 9.17) is 33.7 Å². The minimum absolute atomic E-state index is 0.0226. The summed E-state index contributed by atoms with van der Waals surface area (Å²) in [5.41, 5.74) is 3.17. The molecule has 6 unspecified atom stereocenters. The topological polar surface area (TPSA) is 146 Å². The number of aliphatic hydroxyl groups is 2. The van der Waals surface area contributed by atoms with Crippen molar-refractivity contribution < 1.29 is 48.3 Å². The third-order valence-electron chi connectivity index (χ3n) is 11.9. The van der Waals surface area contributed by atoms with Crippen molar-refractivity contribution in [2.75, 3.05) is 33.5 Å². The quantitative estimate of drug-likeness (QED) is 0.0460. The van der Waals surface area contributed by atoms with Crippen LogP contribution in [0.5, 0.6) is 23.0 Å². The zero-order chi connectivity index (χ0) is 44.3. The van der Waals surface area contributed by atoms with E-state index in [0.29, 0.717) is 60.1 Å². The fraction of sp³-hybridized carbons (Fsp3) is 0.500. The van der Waals surface area contributed by atoms with Crippen molar-refractivity contribution in [2.45, 2.75) is 109 Å². The number of aliphatic hydroxyl groups excluding tert-OH is 2. The number of allylic oxidation sites excluding steroid dienone is 1. The Morgan fingerprint density at radius 3 is 2.40 bits per heavy atom. The van der Waals surface area contributed by atoms with E-state index in [1.807, 2.05) is 76.2 Å². The van der Waals surface area contributed by atoms with Gasteiger partial charge in [-0.1, -0.05) is 67.4 Å². The van der Waals surface area contributed by atoms with Crippen LogP contribution in [0.2, 0.25) is 0 Å². The number of amides is 1. The summed E-state index contributed by atoms with van der Waals surface area (Å²) in [6.45, 7) is 12.7. The number of methoxy groups -OCH3 is 1. The van der Waals surface area contributed by atoms with E-state index < -0.39 is 29.4 Å². The number of rotatable bonds is 21. The van der Waals surface area contributed by atoms with Crippen molar-refractivity contribution in [1.82, 2.24) is 4.90 Å². The molecule has 1 amide bonds. The zero-order valence-corrected chi connectivity index (χ0v) is 36.9. The van der Waals surface area contributed by atoms with E-state index in [0.717, 1.165) is 48.7 Å². The van der Waals surface area contributed by atoms with Gasteiger partial charge in [0.15, 0.2) is 6.29 Å². The van der Waals surface area contributed by atoms with Gasteiger partial charge in [-0.2, -0.15) is 0 Å². The van der Waals surface area contributed by atoms with Crippen molar-refractivity contribution in [2.24, 2.45) is 22.9 Å². The van der Waals surface area contributed by atoms with Gasteiger partial charge in [0.1, 0.15) is 41.2 Å².